The molecule has 2 aliphatic carbocycles. The number of nitrogens with two attached hydrogens (primary N) is 1. The summed E-state index contributed by atoms with van der Waals surface area (Å²) < 4.78 is 47.9. The topological polar surface area (TPSA) is 120 Å². The standard InChI is InChI=1S/C15H18BrFN2O2.C11H8BrClFN.C4H11NO2.C4H10O/c1-20-14(21-2)7-18-15-11-5-12(16)13(17)6-10(11)8-3-9(4-8)19-15;12-9-3-8-7(4-10(9)14)5-1-6(2-5)15-11(8)13;1-6-4(3-5)7-2;1-2-3-4-5/h5-6,8-9,14H,3-4,7H2,1-2H3,(H,18,19);3-6H,1-2H2;4H,3,5H2,1-2H3;5H,2-4H2,1H3. The molecule has 0 saturated heterocycles. The number of unbranched alkanes of at least 4 members (excludes halogenated alkanes) is 1. The maximum absolute atomic E-state index is 13.8. The number of methoxy groups -OCH3 is 4. The van der Waals surface area contributed by atoms with E-state index in [1.807, 2.05) is 6.07 Å². The van der Waals surface area contributed by atoms with E-state index in [9.17, 15) is 8.78 Å². The molecular weight excluding hydrogens is 778 g/mol. The summed E-state index contributed by atoms with van der Waals surface area (Å²) in [5.41, 5.74) is 9.06. The van der Waals surface area contributed by atoms with Crippen molar-refractivity contribution in [2.24, 2.45) is 15.7 Å². The van der Waals surface area contributed by atoms with Crippen molar-refractivity contribution in [3.05, 3.63) is 67.1 Å². The van der Waals surface area contributed by atoms with Crippen molar-refractivity contribution in [1.82, 2.24) is 5.32 Å². The Kier molecular flexibility index (Phi) is 17.3. The third-order valence-electron chi connectivity index (χ3n) is 8.58. The van der Waals surface area contributed by atoms with Crippen molar-refractivity contribution < 1.29 is 32.8 Å². The van der Waals surface area contributed by atoms with Crippen molar-refractivity contribution in [1.29, 1.82) is 0 Å². The summed E-state index contributed by atoms with van der Waals surface area (Å²) in [5.74, 6) is 1.23. The van der Waals surface area contributed by atoms with Gasteiger partial charge in [0.25, 0.3) is 0 Å². The molecule has 2 fully saturated rings. The molecular formula is C34H47Br2ClF2N4O5. The molecule has 4 aliphatic heterocycles. The first kappa shape index (κ1) is 40.9. The highest BCUT2D eigenvalue weighted by molar-refractivity contribution is 9.10. The predicted octanol–water partition coefficient (Wildman–Crippen LogP) is 6.98. The van der Waals surface area contributed by atoms with Gasteiger partial charge in [0.1, 0.15) is 22.6 Å². The molecule has 4 heterocycles. The summed E-state index contributed by atoms with van der Waals surface area (Å²) in [6.45, 7) is 3.21. The highest BCUT2D eigenvalue weighted by Gasteiger charge is 2.38. The summed E-state index contributed by atoms with van der Waals surface area (Å²) in [6.07, 6.45) is 5.51. The molecule has 268 valence electrons. The smallest absolute Gasteiger partial charge is 0.176 e. The van der Waals surface area contributed by atoms with Crippen molar-refractivity contribution in [3.8, 4) is 0 Å². The van der Waals surface area contributed by atoms with E-state index in [-0.39, 0.29) is 24.2 Å². The maximum atomic E-state index is 13.8. The maximum Gasteiger partial charge on any atom is 0.176 e. The first-order valence-electron chi connectivity index (χ1n) is 16.0. The van der Waals surface area contributed by atoms with Gasteiger partial charge in [-0.2, -0.15) is 0 Å². The van der Waals surface area contributed by atoms with Gasteiger partial charge in [-0.3, -0.25) is 9.98 Å². The average Bonchev–Trinajstić information content (AvgIpc) is 3.40. The lowest BCUT2D eigenvalue weighted by molar-refractivity contribution is -0.0940. The van der Waals surface area contributed by atoms with E-state index in [0.717, 1.165) is 66.6 Å². The van der Waals surface area contributed by atoms with Crippen molar-refractivity contribution in [3.63, 3.8) is 0 Å². The van der Waals surface area contributed by atoms with Gasteiger partial charge in [-0.25, -0.2) is 8.78 Å². The second-order valence-corrected chi connectivity index (χ2v) is 13.8. The molecule has 0 amide bonds. The number of aliphatic hydroxyl groups is 1. The molecule has 6 aliphatic rings. The zero-order valence-corrected chi connectivity index (χ0v) is 32.0. The molecule has 48 heavy (non-hydrogen) atoms. The molecule has 0 aromatic heterocycles. The number of aliphatic imine (C=N–C) groups is 2. The first-order chi connectivity index (χ1) is 23.0. The molecule has 0 unspecified atom stereocenters. The fourth-order valence-corrected chi connectivity index (χ4v) is 6.60. The minimum absolute atomic E-state index is 0.217. The molecule has 14 heteroatoms. The van der Waals surface area contributed by atoms with Gasteiger partial charge in [0.15, 0.2) is 12.6 Å². The van der Waals surface area contributed by atoms with Crippen LogP contribution < -0.4 is 11.1 Å². The Morgan fingerprint density at radius 3 is 1.90 bits per heavy atom. The molecule has 0 radical (unpaired) electrons. The average molecular weight is 825 g/mol. The van der Waals surface area contributed by atoms with Gasteiger partial charge >= 0.3 is 0 Å². The van der Waals surface area contributed by atoms with Crippen LogP contribution in [0.1, 0.15) is 79.5 Å². The first-order valence-corrected chi connectivity index (χ1v) is 17.9. The van der Waals surface area contributed by atoms with Crippen LogP contribution >= 0.6 is 43.5 Å². The van der Waals surface area contributed by atoms with Crippen LogP contribution in [0.4, 0.5) is 8.78 Å². The van der Waals surface area contributed by atoms with E-state index < -0.39 is 0 Å². The monoisotopic (exact) mass is 822 g/mol. The van der Waals surface area contributed by atoms with Crippen LogP contribution in [0.5, 0.6) is 0 Å². The van der Waals surface area contributed by atoms with Crippen LogP contribution in [0.3, 0.4) is 0 Å². The number of nitrogens with one attached hydrogen (secondary N) is 1. The third-order valence-corrected chi connectivity index (χ3v) is 10.1. The largest absolute Gasteiger partial charge is 0.396 e. The third kappa shape index (κ3) is 11.0. The summed E-state index contributed by atoms with van der Waals surface area (Å²) in [4.78, 5) is 8.98. The Hall–Kier alpha value is -1.55. The molecule has 2 aromatic rings. The minimum atomic E-state index is -0.370. The number of amidine groups is 1. The van der Waals surface area contributed by atoms with Crippen LogP contribution in [-0.2, 0) is 18.9 Å². The number of aliphatic hydroxyl groups excluding tert-OH is 1. The number of ether oxygens (including phenoxy) is 4. The molecule has 0 atom stereocenters. The van der Waals surface area contributed by atoms with Crippen molar-refractivity contribution >= 4 is 54.5 Å². The van der Waals surface area contributed by atoms with Crippen LogP contribution in [-0.4, -0.2) is 88.9 Å². The second-order valence-electron chi connectivity index (χ2n) is 11.8. The molecule has 2 aromatic carbocycles. The fraction of sp³-hybridized carbons (Fsp3) is 0.588. The highest BCUT2D eigenvalue weighted by atomic mass is 79.9. The molecule has 4 N–H and O–H groups in total. The minimum Gasteiger partial charge on any atom is -0.396 e. The van der Waals surface area contributed by atoms with E-state index in [2.05, 4.69) is 54.1 Å². The zero-order valence-electron chi connectivity index (χ0n) is 28.1. The van der Waals surface area contributed by atoms with Crippen LogP contribution in [0.2, 0.25) is 0 Å². The van der Waals surface area contributed by atoms with E-state index in [1.165, 1.54) is 0 Å². The lowest BCUT2D eigenvalue weighted by atomic mass is 9.76. The van der Waals surface area contributed by atoms with Crippen LogP contribution in [0.25, 0.3) is 0 Å². The second kappa shape index (κ2) is 20.3. The van der Waals surface area contributed by atoms with Gasteiger partial charge in [0.2, 0.25) is 0 Å². The number of fused-ring (bicyclic) bond motifs is 1. The summed E-state index contributed by atoms with van der Waals surface area (Å²) in [7, 11) is 6.29. The summed E-state index contributed by atoms with van der Waals surface area (Å²) in [5, 5.41) is 12.0. The van der Waals surface area contributed by atoms with Crippen molar-refractivity contribution in [2.75, 3.05) is 48.1 Å². The van der Waals surface area contributed by atoms with Gasteiger partial charge in [-0.05, 0) is 111 Å². The Morgan fingerprint density at radius 1 is 0.917 bits per heavy atom. The Balaban J connectivity index is 0.000000201. The molecule has 9 nitrogen and oxygen atoms in total. The van der Waals surface area contributed by atoms with E-state index >= 15 is 0 Å². The molecule has 8 rings (SSSR count). The van der Waals surface area contributed by atoms with Crippen LogP contribution in [0, 0.1) is 11.6 Å². The number of nitrogens with zero attached hydrogens (tertiary/aromatic N) is 2. The van der Waals surface area contributed by atoms with E-state index in [4.69, 9.17) is 41.4 Å². The van der Waals surface area contributed by atoms with E-state index in [1.54, 1.807) is 46.6 Å². The van der Waals surface area contributed by atoms with E-state index in [0.29, 0.717) is 57.7 Å². The van der Waals surface area contributed by atoms with Gasteiger partial charge in [0, 0.05) is 58.8 Å². The zero-order chi connectivity index (χ0) is 35.4. The number of hydrogen-bond donors (Lipinski definition) is 3. The number of hydrogen-bond acceptors (Lipinski definition) is 8. The number of halogens is 5. The van der Waals surface area contributed by atoms with Gasteiger partial charge in [-0.15, -0.1) is 0 Å². The lowest BCUT2D eigenvalue weighted by Gasteiger charge is -2.33. The quantitative estimate of drug-likeness (QED) is 0.234. The fourth-order valence-electron chi connectivity index (χ4n) is 5.61. The Bertz CT molecular complexity index is 1380. The lowest BCUT2D eigenvalue weighted by Crippen LogP contribution is -2.40. The summed E-state index contributed by atoms with van der Waals surface area (Å²) in [6, 6.07) is 7.53. The SMILES string of the molecule is CCCCO.COC(CN)OC.COC(CN=C1NC2CC(C2)c2cc(F)c(Br)cc21)OC.Fc1cc2c(cc1Br)C(Cl)=NC1CC2C1. The van der Waals surface area contributed by atoms with Crippen LogP contribution in [0.15, 0.2) is 43.2 Å². The predicted molar refractivity (Wildman–Crippen MR) is 193 cm³/mol. The highest BCUT2D eigenvalue weighted by Crippen LogP contribution is 2.45. The Morgan fingerprint density at radius 2 is 1.44 bits per heavy atom. The normalized spacial score (nSPS) is 22.0. The number of rotatable bonds is 9. The molecule has 2 saturated carbocycles. The molecule has 4 bridgehead atoms. The van der Waals surface area contributed by atoms with Crippen molar-refractivity contribution in [2.45, 2.75) is 81.9 Å². The van der Waals surface area contributed by atoms with Gasteiger partial charge in [-0.1, -0.05) is 24.9 Å². The van der Waals surface area contributed by atoms with Gasteiger partial charge < -0.3 is 35.1 Å². The summed E-state index contributed by atoms with van der Waals surface area (Å²) >= 11 is 12.5. The Labute approximate surface area is 304 Å². The molecule has 0 spiro atoms. The number of benzene rings is 2. The van der Waals surface area contributed by atoms with Gasteiger partial charge in [0.05, 0.1) is 21.5 Å².